The standard InChI is InChI=1S/C14H13NO4S/c1-18-13(16)10-8-11(20-12(10)14(17)19-2)15-9-6-4-3-5-7-9/h3-8,15H,1-2H3. The van der Waals surface area contributed by atoms with Crippen molar-refractivity contribution in [1.29, 1.82) is 0 Å². The fraction of sp³-hybridized carbons (Fsp3) is 0.143. The summed E-state index contributed by atoms with van der Waals surface area (Å²) < 4.78 is 9.34. The maximum Gasteiger partial charge on any atom is 0.349 e. The number of ether oxygens (including phenoxy) is 2. The van der Waals surface area contributed by atoms with Crippen LogP contribution in [0.2, 0.25) is 0 Å². The number of carbonyl (C=O) groups is 2. The predicted octanol–water partition coefficient (Wildman–Crippen LogP) is 3.06. The first kappa shape index (κ1) is 14.1. The van der Waals surface area contributed by atoms with Crippen LogP contribution < -0.4 is 5.32 Å². The summed E-state index contributed by atoms with van der Waals surface area (Å²) in [6.07, 6.45) is 0. The van der Waals surface area contributed by atoms with Crippen molar-refractivity contribution in [3.05, 3.63) is 46.8 Å². The molecular formula is C14H13NO4S. The smallest absolute Gasteiger partial charge is 0.349 e. The molecule has 0 aliphatic heterocycles. The molecule has 0 amide bonds. The van der Waals surface area contributed by atoms with Crippen LogP contribution in [0.1, 0.15) is 20.0 Å². The summed E-state index contributed by atoms with van der Waals surface area (Å²) in [6.45, 7) is 0. The number of para-hydroxylation sites is 1. The van der Waals surface area contributed by atoms with Gasteiger partial charge in [-0.25, -0.2) is 9.59 Å². The highest BCUT2D eigenvalue weighted by molar-refractivity contribution is 7.18. The van der Waals surface area contributed by atoms with Crippen LogP contribution >= 0.6 is 11.3 Å². The summed E-state index contributed by atoms with van der Waals surface area (Å²) in [7, 11) is 2.54. The molecule has 20 heavy (non-hydrogen) atoms. The van der Waals surface area contributed by atoms with Crippen molar-refractivity contribution in [2.75, 3.05) is 19.5 Å². The molecule has 0 saturated carbocycles. The normalized spacial score (nSPS) is 9.90. The molecule has 5 nitrogen and oxygen atoms in total. The minimum atomic E-state index is -0.567. The Labute approximate surface area is 120 Å². The van der Waals surface area contributed by atoms with Crippen molar-refractivity contribution in [3.63, 3.8) is 0 Å². The fourth-order valence-corrected chi connectivity index (χ4v) is 2.61. The lowest BCUT2D eigenvalue weighted by atomic mass is 10.2. The maximum absolute atomic E-state index is 11.7. The van der Waals surface area contributed by atoms with Crippen molar-refractivity contribution < 1.29 is 19.1 Å². The quantitative estimate of drug-likeness (QED) is 0.877. The molecule has 0 aliphatic rings. The molecule has 1 heterocycles. The third-order valence-electron chi connectivity index (χ3n) is 2.55. The average Bonchev–Trinajstić information content (AvgIpc) is 2.90. The number of anilines is 2. The Kier molecular flexibility index (Phi) is 4.37. The van der Waals surface area contributed by atoms with E-state index in [1.165, 1.54) is 14.2 Å². The molecule has 1 aromatic heterocycles. The molecule has 2 rings (SSSR count). The highest BCUT2D eigenvalue weighted by atomic mass is 32.1. The highest BCUT2D eigenvalue weighted by Crippen LogP contribution is 2.30. The van der Waals surface area contributed by atoms with Gasteiger partial charge in [0.2, 0.25) is 0 Å². The van der Waals surface area contributed by atoms with E-state index in [1.807, 2.05) is 30.3 Å². The van der Waals surface area contributed by atoms with E-state index in [0.29, 0.717) is 5.00 Å². The van der Waals surface area contributed by atoms with Crippen LogP contribution in [0.15, 0.2) is 36.4 Å². The fourth-order valence-electron chi connectivity index (χ4n) is 1.62. The number of carbonyl (C=O) groups excluding carboxylic acids is 2. The number of methoxy groups -OCH3 is 2. The van der Waals surface area contributed by atoms with Gasteiger partial charge in [-0.1, -0.05) is 18.2 Å². The van der Waals surface area contributed by atoms with Crippen molar-refractivity contribution in [2.24, 2.45) is 0 Å². The lowest BCUT2D eigenvalue weighted by molar-refractivity contribution is 0.0560. The Hall–Kier alpha value is -2.34. The van der Waals surface area contributed by atoms with E-state index in [2.05, 4.69) is 14.8 Å². The van der Waals surface area contributed by atoms with Gasteiger partial charge in [0.25, 0.3) is 0 Å². The second-order valence-electron chi connectivity index (χ2n) is 3.83. The minimum absolute atomic E-state index is 0.197. The first-order chi connectivity index (χ1) is 9.65. The van der Waals surface area contributed by atoms with E-state index in [4.69, 9.17) is 0 Å². The van der Waals surface area contributed by atoms with Gasteiger partial charge < -0.3 is 14.8 Å². The molecule has 1 aromatic carbocycles. The lowest BCUT2D eigenvalue weighted by Crippen LogP contribution is -2.08. The van der Waals surface area contributed by atoms with Gasteiger partial charge in [0, 0.05) is 5.69 Å². The van der Waals surface area contributed by atoms with E-state index in [-0.39, 0.29) is 10.4 Å². The first-order valence-electron chi connectivity index (χ1n) is 5.78. The Morgan fingerprint density at radius 3 is 2.30 bits per heavy atom. The van der Waals surface area contributed by atoms with Crippen LogP contribution in [-0.2, 0) is 9.47 Å². The second kappa shape index (κ2) is 6.21. The number of hydrogen-bond acceptors (Lipinski definition) is 6. The Balaban J connectivity index is 2.34. The summed E-state index contributed by atoms with van der Waals surface area (Å²) >= 11 is 1.14. The predicted molar refractivity (Wildman–Crippen MR) is 76.7 cm³/mol. The molecule has 0 fully saturated rings. The lowest BCUT2D eigenvalue weighted by Gasteiger charge is -2.01. The van der Waals surface area contributed by atoms with Crippen molar-refractivity contribution in [2.45, 2.75) is 0 Å². The zero-order valence-electron chi connectivity index (χ0n) is 11.0. The maximum atomic E-state index is 11.7. The summed E-state index contributed by atoms with van der Waals surface area (Å²) in [4.78, 5) is 23.6. The van der Waals surface area contributed by atoms with E-state index in [9.17, 15) is 9.59 Å². The molecule has 0 aliphatic carbocycles. The zero-order chi connectivity index (χ0) is 14.5. The van der Waals surface area contributed by atoms with Gasteiger partial charge in [-0.3, -0.25) is 0 Å². The number of rotatable bonds is 4. The number of esters is 2. The average molecular weight is 291 g/mol. The van der Waals surface area contributed by atoms with Crippen LogP contribution in [0.3, 0.4) is 0 Å². The van der Waals surface area contributed by atoms with Crippen molar-refractivity contribution in [3.8, 4) is 0 Å². The Bertz CT molecular complexity index is 588. The van der Waals surface area contributed by atoms with E-state index in [1.54, 1.807) is 6.07 Å². The van der Waals surface area contributed by atoms with Crippen LogP contribution in [-0.4, -0.2) is 26.2 Å². The van der Waals surface area contributed by atoms with Gasteiger partial charge in [0.05, 0.1) is 24.8 Å². The SMILES string of the molecule is COC(=O)c1cc(Nc2ccccc2)sc1C(=O)OC. The summed E-state index contributed by atoms with van der Waals surface area (Å²) in [6, 6.07) is 11.0. The largest absolute Gasteiger partial charge is 0.465 e. The molecular weight excluding hydrogens is 278 g/mol. The van der Waals surface area contributed by atoms with E-state index >= 15 is 0 Å². The molecule has 6 heteroatoms. The highest BCUT2D eigenvalue weighted by Gasteiger charge is 2.22. The Morgan fingerprint density at radius 1 is 1.05 bits per heavy atom. The molecule has 1 N–H and O–H groups in total. The minimum Gasteiger partial charge on any atom is -0.465 e. The third kappa shape index (κ3) is 2.97. The topological polar surface area (TPSA) is 64.6 Å². The van der Waals surface area contributed by atoms with E-state index in [0.717, 1.165) is 17.0 Å². The third-order valence-corrected chi connectivity index (χ3v) is 3.58. The molecule has 0 saturated heterocycles. The molecule has 0 bridgehead atoms. The summed E-state index contributed by atoms with van der Waals surface area (Å²) in [5, 5.41) is 3.79. The van der Waals surface area contributed by atoms with Gasteiger partial charge in [0.15, 0.2) is 0 Å². The number of nitrogens with one attached hydrogen (secondary N) is 1. The zero-order valence-corrected chi connectivity index (χ0v) is 11.8. The van der Waals surface area contributed by atoms with Gasteiger partial charge in [-0.15, -0.1) is 11.3 Å². The second-order valence-corrected chi connectivity index (χ2v) is 4.88. The molecule has 0 radical (unpaired) electrons. The van der Waals surface area contributed by atoms with Gasteiger partial charge in [-0.05, 0) is 18.2 Å². The monoisotopic (exact) mass is 291 g/mol. The van der Waals surface area contributed by atoms with E-state index < -0.39 is 11.9 Å². The molecule has 2 aromatic rings. The number of benzene rings is 1. The van der Waals surface area contributed by atoms with Gasteiger partial charge >= 0.3 is 11.9 Å². The van der Waals surface area contributed by atoms with Crippen molar-refractivity contribution >= 4 is 34.0 Å². The Morgan fingerprint density at radius 2 is 1.70 bits per heavy atom. The van der Waals surface area contributed by atoms with Crippen LogP contribution in [0.5, 0.6) is 0 Å². The van der Waals surface area contributed by atoms with Gasteiger partial charge in [0.1, 0.15) is 4.88 Å². The summed E-state index contributed by atoms with van der Waals surface area (Å²) in [5.41, 5.74) is 1.06. The molecule has 0 atom stereocenters. The first-order valence-corrected chi connectivity index (χ1v) is 6.60. The molecule has 104 valence electrons. The van der Waals surface area contributed by atoms with Crippen LogP contribution in [0, 0.1) is 0 Å². The molecule has 0 unspecified atom stereocenters. The molecule has 0 spiro atoms. The summed E-state index contributed by atoms with van der Waals surface area (Å²) in [5.74, 6) is -1.13. The van der Waals surface area contributed by atoms with Crippen LogP contribution in [0.25, 0.3) is 0 Å². The van der Waals surface area contributed by atoms with Gasteiger partial charge in [-0.2, -0.15) is 0 Å². The van der Waals surface area contributed by atoms with Crippen molar-refractivity contribution in [1.82, 2.24) is 0 Å². The number of thiophene rings is 1. The number of hydrogen-bond donors (Lipinski definition) is 1. The van der Waals surface area contributed by atoms with Crippen LogP contribution in [0.4, 0.5) is 10.7 Å².